The molecule has 0 saturated heterocycles. The van der Waals surface area contributed by atoms with E-state index in [2.05, 4.69) is 0 Å². The molecule has 1 unspecified atom stereocenters. The fourth-order valence-corrected chi connectivity index (χ4v) is 4.15. The van der Waals surface area contributed by atoms with E-state index in [9.17, 15) is 0 Å². The van der Waals surface area contributed by atoms with E-state index in [1.54, 1.807) is 0 Å². The molecule has 0 rings (SSSR count). The van der Waals surface area contributed by atoms with E-state index < -0.39 is 8.80 Å². The lowest BCUT2D eigenvalue weighted by molar-refractivity contribution is 0.123. The van der Waals surface area contributed by atoms with Gasteiger partial charge in [0.05, 0.1) is 4.87 Å². The number of thioether (sulfide) groups is 1. The van der Waals surface area contributed by atoms with Crippen LogP contribution in [0.15, 0.2) is 0 Å². The van der Waals surface area contributed by atoms with Crippen molar-refractivity contribution in [2.75, 3.05) is 21.3 Å². The van der Waals surface area contributed by atoms with Crippen molar-refractivity contribution in [3.05, 3.63) is 0 Å². The van der Waals surface area contributed by atoms with E-state index >= 15 is 0 Å². The van der Waals surface area contributed by atoms with Gasteiger partial charge in [0.15, 0.2) is 0 Å². The third-order valence-electron chi connectivity index (χ3n) is 1.58. The van der Waals surface area contributed by atoms with E-state index in [1.165, 1.54) is 21.3 Å². The quantitative estimate of drug-likeness (QED) is 0.497. The third-order valence-corrected chi connectivity index (χ3v) is 5.96. The van der Waals surface area contributed by atoms with E-state index in [-0.39, 0.29) is 4.87 Å². The van der Waals surface area contributed by atoms with E-state index in [0.29, 0.717) is 0 Å². The summed E-state index contributed by atoms with van der Waals surface area (Å²) in [5, 5.41) is 10.4. The summed E-state index contributed by atoms with van der Waals surface area (Å²) in [7, 11) is 2.00. The highest BCUT2D eigenvalue weighted by molar-refractivity contribution is 8.05. The fourth-order valence-electron chi connectivity index (χ4n) is 0.899. The van der Waals surface area contributed by atoms with Gasteiger partial charge < -0.3 is 13.3 Å². The predicted molar refractivity (Wildman–Crippen MR) is 49.4 cm³/mol. The van der Waals surface area contributed by atoms with Crippen LogP contribution in [0.4, 0.5) is 0 Å². The maximum atomic E-state index is 8.46. The normalized spacial score (nSPS) is 13.9. The van der Waals surface area contributed by atoms with E-state index in [1.807, 2.05) is 12.3 Å². The summed E-state index contributed by atoms with van der Waals surface area (Å²) in [4.78, 5) is -0.0671. The van der Waals surface area contributed by atoms with Crippen molar-refractivity contribution in [1.29, 1.82) is 5.26 Å². The Morgan fingerprint density at radius 2 is 1.67 bits per heavy atom. The SMILES string of the molecule is CO[Si](OC)(OC)C(C)SC#N. The summed E-state index contributed by atoms with van der Waals surface area (Å²) in [6.07, 6.45) is 0. The first-order valence-corrected chi connectivity index (χ1v) is 6.05. The van der Waals surface area contributed by atoms with Gasteiger partial charge in [-0.25, -0.2) is 0 Å². The van der Waals surface area contributed by atoms with E-state index in [4.69, 9.17) is 18.5 Å². The van der Waals surface area contributed by atoms with Crippen molar-refractivity contribution >= 4 is 20.6 Å². The molecule has 0 aliphatic heterocycles. The van der Waals surface area contributed by atoms with Crippen molar-refractivity contribution in [2.45, 2.75) is 11.8 Å². The Hall–Kier alpha value is -0.0631. The third kappa shape index (κ3) is 2.47. The summed E-state index contributed by atoms with van der Waals surface area (Å²) in [6, 6.07) is 0. The van der Waals surface area contributed by atoms with Gasteiger partial charge >= 0.3 is 8.80 Å². The molecule has 0 heterocycles. The first kappa shape index (κ1) is 11.9. The first-order valence-electron chi connectivity index (χ1n) is 3.37. The molecule has 0 saturated carbocycles. The largest absolute Gasteiger partial charge is 0.514 e. The molecule has 0 aliphatic rings. The lowest BCUT2D eigenvalue weighted by Crippen LogP contribution is -2.51. The van der Waals surface area contributed by atoms with Gasteiger partial charge in [0.2, 0.25) is 0 Å². The molecule has 6 heteroatoms. The Morgan fingerprint density at radius 3 is 1.92 bits per heavy atom. The van der Waals surface area contributed by atoms with Crippen LogP contribution in [-0.2, 0) is 13.3 Å². The highest BCUT2D eigenvalue weighted by Gasteiger charge is 2.45. The van der Waals surface area contributed by atoms with Crippen LogP contribution < -0.4 is 0 Å². The molecule has 0 aromatic carbocycles. The van der Waals surface area contributed by atoms with Crippen molar-refractivity contribution in [2.24, 2.45) is 0 Å². The van der Waals surface area contributed by atoms with Gasteiger partial charge in [-0.3, -0.25) is 0 Å². The summed E-state index contributed by atoms with van der Waals surface area (Å²) in [6.45, 7) is 1.86. The molecule has 0 amide bonds. The summed E-state index contributed by atoms with van der Waals surface area (Å²) in [5.74, 6) is 0. The minimum Gasteiger partial charge on any atom is -0.376 e. The maximum absolute atomic E-state index is 8.46. The van der Waals surface area contributed by atoms with Crippen LogP contribution in [0, 0.1) is 10.7 Å². The van der Waals surface area contributed by atoms with Gasteiger partial charge in [-0.15, -0.1) is 0 Å². The zero-order chi connectivity index (χ0) is 9.61. The van der Waals surface area contributed by atoms with Crippen molar-refractivity contribution < 1.29 is 13.3 Å². The molecule has 4 nitrogen and oxygen atoms in total. The van der Waals surface area contributed by atoms with Crippen LogP contribution in [0.25, 0.3) is 0 Å². The lowest BCUT2D eigenvalue weighted by Gasteiger charge is -2.27. The number of hydrogen-bond acceptors (Lipinski definition) is 5. The number of nitrogens with zero attached hydrogens (tertiary/aromatic N) is 1. The summed E-state index contributed by atoms with van der Waals surface area (Å²) in [5.41, 5.74) is 0. The van der Waals surface area contributed by atoms with Crippen LogP contribution >= 0.6 is 11.8 Å². The molecule has 70 valence electrons. The van der Waals surface area contributed by atoms with Crippen molar-refractivity contribution in [3.8, 4) is 5.40 Å². The predicted octanol–water partition coefficient (Wildman–Crippen LogP) is 1.01. The fraction of sp³-hybridized carbons (Fsp3) is 0.833. The molecular formula is C6H13NO3SSi. The smallest absolute Gasteiger partial charge is 0.376 e. The van der Waals surface area contributed by atoms with Gasteiger partial charge in [0, 0.05) is 21.3 Å². The van der Waals surface area contributed by atoms with Gasteiger partial charge in [-0.05, 0) is 18.7 Å². The monoisotopic (exact) mass is 207 g/mol. The highest BCUT2D eigenvalue weighted by Crippen LogP contribution is 2.22. The number of thiocyanates is 1. The molecule has 0 radical (unpaired) electrons. The minimum absolute atomic E-state index is 0.0671. The summed E-state index contributed by atoms with van der Waals surface area (Å²) < 4.78 is 15.5. The van der Waals surface area contributed by atoms with Crippen LogP contribution in [0.3, 0.4) is 0 Å². The second kappa shape index (κ2) is 5.56. The summed E-state index contributed by atoms with van der Waals surface area (Å²) >= 11 is 1.10. The Balaban J connectivity index is 4.37. The molecule has 0 aliphatic carbocycles. The molecular weight excluding hydrogens is 194 g/mol. The average molecular weight is 207 g/mol. The topological polar surface area (TPSA) is 51.5 Å². The molecule has 0 fully saturated rings. The van der Waals surface area contributed by atoms with Gasteiger partial charge in [0.1, 0.15) is 5.40 Å². The lowest BCUT2D eigenvalue weighted by atomic mass is 11.0. The zero-order valence-corrected chi connectivity index (χ0v) is 9.47. The molecule has 0 aromatic rings. The van der Waals surface area contributed by atoms with Gasteiger partial charge in [-0.2, -0.15) is 5.26 Å². The highest BCUT2D eigenvalue weighted by atomic mass is 32.2. The molecule has 0 N–H and O–H groups in total. The van der Waals surface area contributed by atoms with Crippen molar-refractivity contribution in [1.82, 2.24) is 0 Å². The Kier molecular flexibility index (Phi) is 5.53. The Labute approximate surface area is 78.2 Å². The standard InChI is InChI=1S/C6H13NO3SSi/c1-6(11-5-7)12(8-2,9-3)10-4/h6H,1-4H3. The molecule has 1 atom stereocenters. The molecule has 0 aromatic heterocycles. The van der Waals surface area contributed by atoms with Gasteiger partial charge in [-0.1, -0.05) is 0 Å². The maximum Gasteiger partial charge on any atom is 0.514 e. The van der Waals surface area contributed by atoms with Crippen molar-refractivity contribution in [3.63, 3.8) is 0 Å². The second-order valence-electron chi connectivity index (χ2n) is 2.07. The number of hydrogen-bond donors (Lipinski definition) is 0. The molecule has 12 heavy (non-hydrogen) atoms. The average Bonchev–Trinajstić information content (AvgIpc) is 2.09. The van der Waals surface area contributed by atoms with Gasteiger partial charge in [0.25, 0.3) is 0 Å². The van der Waals surface area contributed by atoms with Crippen LogP contribution in [0.2, 0.25) is 0 Å². The Morgan fingerprint density at radius 1 is 1.25 bits per heavy atom. The van der Waals surface area contributed by atoms with E-state index in [0.717, 1.165) is 11.8 Å². The number of rotatable bonds is 5. The van der Waals surface area contributed by atoms with Crippen LogP contribution in [-0.4, -0.2) is 35.0 Å². The molecule has 0 bridgehead atoms. The number of nitriles is 1. The minimum atomic E-state index is -2.60. The zero-order valence-electron chi connectivity index (χ0n) is 7.66. The van der Waals surface area contributed by atoms with Crippen LogP contribution in [0.5, 0.6) is 0 Å². The first-order chi connectivity index (χ1) is 5.66. The second-order valence-corrected chi connectivity index (χ2v) is 6.91. The molecule has 0 spiro atoms. The van der Waals surface area contributed by atoms with Crippen LogP contribution in [0.1, 0.15) is 6.92 Å². The Bertz CT molecular complexity index is 160.